The number of aromatic nitrogens is 3. The van der Waals surface area contributed by atoms with E-state index in [2.05, 4.69) is 10.1 Å². The lowest BCUT2D eigenvalue weighted by Crippen LogP contribution is -2.08. The molecule has 7 nitrogen and oxygen atoms in total. The van der Waals surface area contributed by atoms with Gasteiger partial charge in [-0.1, -0.05) is 17.7 Å². The molecule has 1 aromatic carbocycles. The summed E-state index contributed by atoms with van der Waals surface area (Å²) < 4.78 is 13.3. The minimum absolute atomic E-state index is 0.125. The highest BCUT2D eigenvalue weighted by atomic mass is 35.5. The Kier molecular flexibility index (Phi) is 5.16. The fourth-order valence-electron chi connectivity index (χ4n) is 2.67. The van der Waals surface area contributed by atoms with Gasteiger partial charge in [0.15, 0.2) is 5.82 Å². The maximum Gasteiger partial charge on any atom is 0.335 e. The second kappa shape index (κ2) is 7.90. The summed E-state index contributed by atoms with van der Waals surface area (Å²) in [4.78, 5) is 15.4. The number of ether oxygens (including phenoxy) is 2. The lowest BCUT2D eigenvalue weighted by atomic mass is 10.2. The first-order chi connectivity index (χ1) is 13.6. The van der Waals surface area contributed by atoms with Crippen LogP contribution in [-0.4, -0.2) is 32.4 Å². The van der Waals surface area contributed by atoms with E-state index >= 15 is 0 Å². The zero-order chi connectivity index (χ0) is 19.5. The molecule has 0 atom stereocenters. The van der Waals surface area contributed by atoms with E-state index < -0.39 is 5.97 Å². The second-order valence-corrected chi connectivity index (χ2v) is 7.02. The predicted octanol–water partition coefficient (Wildman–Crippen LogP) is 3.99. The molecule has 1 N–H and O–H groups in total. The molecule has 2 aromatic heterocycles. The Morgan fingerprint density at radius 3 is 2.82 bits per heavy atom. The molecule has 1 aliphatic carbocycles. The fraction of sp³-hybridized carbons (Fsp3) is 0.250. The van der Waals surface area contributed by atoms with Crippen LogP contribution < -0.4 is 9.47 Å². The summed E-state index contributed by atoms with van der Waals surface area (Å²) in [6.07, 6.45) is 5.39. The average Bonchev–Trinajstić information content (AvgIpc) is 3.41. The van der Waals surface area contributed by atoms with Gasteiger partial charge in [-0.2, -0.15) is 9.78 Å². The van der Waals surface area contributed by atoms with Crippen LogP contribution in [0, 0.1) is 5.92 Å². The second-order valence-electron chi connectivity index (χ2n) is 6.58. The smallest absolute Gasteiger partial charge is 0.335 e. The van der Waals surface area contributed by atoms with E-state index in [-0.39, 0.29) is 12.2 Å². The van der Waals surface area contributed by atoms with Crippen LogP contribution in [0.2, 0.25) is 5.02 Å². The van der Waals surface area contributed by atoms with Gasteiger partial charge >= 0.3 is 5.97 Å². The number of halogens is 1. The largest absolute Gasteiger partial charge is 0.493 e. The molecule has 2 heterocycles. The van der Waals surface area contributed by atoms with Crippen molar-refractivity contribution in [3.05, 3.63) is 64.9 Å². The van der Waals surface area contributed by atoms with Crippen molar-refractivity contribution >= 4 is 17.6 Å². The topological polar surface area (TPSA) is 86.5 Å². The number of rotatable bonds is 8. The zero-order valence-electron chi connectivity index (χ0n) is 14.9. The molecule has 0 unspecified atom stereocenters. The SMILES string of the molecule is O=C(O)c1ccnc(-n2nccc2OCc2ccc(Cl)cc2OCC2CC2)c1. The van der Waals surface area contributed by atoms with E-state index in [0.717, 1.165) is 5.56 Å². The molecule has 8 heteroatoms. The van der Waals surface area contributed by atoms with Crippen LogP contribution in [0.1, 0.15) is 28.8 Å². The van der Waals surface area contributed by atoms with Gasteiger partial charge in [0.2, 0.25) is 5.88 Å². The lowest BCUT2D eigenvalue weighted by Gasteiger charge is -2.13. The van der Waals surface area contributed by atoms with E-state index in [1.807, 2.05) is 6.07 Å². The minimum Gasteiger partial charge on any atom is -0.493 e. The van der Waals surface area contributed by atoms with Gasteiger partial charge in [-0.05, 0) is 43.0 Å². The standard InChI is InChI=1S/C20H18ClN3O4/c21-16-4-3-15(17(10-16)27-11-13-1-2-13)12-28-19-6-8-23-24(19)18-9-14(20(25)26)5-7-22-18/h3-10,13H,1-2,11-12H2,(H,25,26). The summed E-state index contributed by atoms with van der Waals surface area (Å²) in [7, 11) is 0. The number of benzene rings is 1. The van der Waals surface area contributed by atoms with Gasteiger partial charge in [0.05, 0.1) is 18.4 Å². The molecule has 0 spiro atoms. The number of carboxylic acids is 1. The molecule has 4 rings (SSSR count). The van der Waals surface area contributed by atoms with Gasteiger partial charge < -0.3 is 14.6 Å². The van der Waals surface area contributed by atoms with Crippen molar-refractivity contribution in [2.45, 2.75) is 19.4 Å². The Morgan fingerprint density at radius 2 is 2.04 bits per heavy atom. The third-order valence-corrected chi connectivity index (χ3v) is 4.63. The summed E-state index contributed by atoms with van der Waals surface area (Å²) in [5.74, 6) is 1.11. The van der Waals surface area contributed by atoms with Crippen molar-refractivity contribution in [3.63, 3.8) is 0 Å². The Hall–Kier alpha value is -3.06. The van der Waals surface area contributed by atoms with Gasteiger partial charge in [0.25, 0.3) is 0 Å². The van der Waals surface area contributed by atoms with Crippen LogP contribution in [0.3, 0.4) is 0 Å². The third kappa shape index (κ3) is 4.26. The minimum atomic E-state index is -1.03. The zero-order valence-corrected chi connectivity index (χ0v) is 15.7. The van der Waals surface area contributed by atoms with Crippen LogP contribution in [0.25, 0.3) is 5.82 Å². The quantitative estimate of drug-likeness (QED) is 0.616. The first kappa shape index (κ1) is 18.3. The van der Waals surface area contributed by atoms with Gasteiger partial charge in [0.1, 0.15) is 12.4 Å². The maximum absolute atomic E-state index is 11.2. The average molecular weight is 400 g/mol. The molecule has 28 heavy (non-hydrogen) atoms. The molecule has 144 valence electrons. The number of aromatic carboxylic acids is 1. The monoisotopic (exact) mass is 399 g/mol. The Labute approximate surface area is 166 Å². The molecular formula is C20H18ClN3O4. The molecular weight excluding hydrogens is 382 g/mol. The van der Waals surface area contributed by atoms with Crippen LogP contribution in [-0.2, 0) is 6.61 Å². The first-order valence-electron chi connectivity index (χ1n) is 8.88. The van der Waals surface area contributed by atoms with Crippen molar-refractivity contribution in [1.82, 2.24) is 14.8 Å². The van der Waals surface area contributed by atoms with E-state index in [1.165, 1.54) is 35.9 Å². The first-order valence-corrected chi connectivity index (χ1v) is 9.26. The maximum atomic E-state index is 11.2. The Morgan fingerprint density at radius 1 is 1.18 bits per heavy atom. The van der Waals surface area contributed by atoms with Crippen LogP contribution in [0.4, 0.5) is 0 Å². The summed E-state index contributed by atoms with van der Waals surface area (Å²) in [5.41, 5.74) is 0.991. The summed E-state index contributed by atoms with van der Waals surface area (Å²) in [5, 5.41) is 14.0. The molecule has 1 saturated carbocycles. The van der Waals surface area contributed by atoms with Gasteiger partial charge in [0, 0.05) is 22.8 Å². The molecule has 1 aliphatic rings. The van der Waals surface area contributed by atoms with Crippen molar-refractivity contribution in [2.24, 2.45) is 5.92 Å². The number of hydrogen-bond donors (Lipinski definition) is 1. The number of hydrogen-bond acceptors (Lipinski definition) is 5. The normalized spacial score (nSPS) is 13.3. The summed E-state index contributed by atoms with van der Waals surface area (Å²) in [6.45, 7) is 0.929. The molecule has 0 saturated heterocycles. The van der Waals surface area contributed by atoms with Gasteiger partial charge in [-0.25, -0.2) is 9.78 Å². The summed E-state index contributed by atoms with van der Waals surface area (Å²) in [6, 6.07) is 10.0. The van der Waals surface area contributed by atoms with Crippen LogP contribution in [0.15, 0.2) is 48.8 Å². The van der Waals surface area contributed by atoms with E-state index in [1.54, 1.807) is 24.4 Å². The fourth-order valence-corrected chi connectivity index (χ4v) is 2.83. The number of carboxylic acid groups (broad SMARTS) is 1. The van der Waals surface area contributed by atoms with Crippen molar-refractivity contribution in [3.8, 4) is 17.4 Å². The van der Waals surface area contributed by atoms with Crippen LogP contribution in [0.5, 0.6) is 11.6 Å². The highest BCUT2D eigenvalue weighted by Crippen LogP contribution is 2.31. The highest BCUT2D eigenvalue weighted by molar-refractivity contribution is 6.30. The third-order valence-electron chi connectivity index (χ3n) is 4.39. The van der Waals surface area contributed by atoms with E-state index in [0.29, 0.717) is 35.0 Å². The number of pyridine rings is 1. The molecule has 1 fully saturated rings. The highest BCUT2D eigenvalue weighted by Gasteiger charge is 2.22. The Balaban J connectivity index is 1.51. The molecule has 3 aromatic rings. The van der Waals surface area contributed by atoms with Gasteiger partial charge in [-0.15, -0.1) is 0 Å². The van der Waals surface area contributed by atoms with Gasteiger partial charge in [-0.3, -0.25) is 0 Å². The predicted molar refractivity (Wildman–Crippen MR) is 102 cm³/mol. The van der Waals surface area contributed by atoms with E-state index in [9.17, 15) is 4.79 Å². The Bertz CT molecular complexity index is 1000. The van der Waals surface area contributed by atoms with Crippen LogP contribution >= 0.6 is 11.6 Å². The lowest BCUT2D eigenvalue weighted by molar-refractivity contribution is 0.0696. The molecule has 0 aliphatic heterocycles. The number of carbonyl (C=O) groups is 1. The number of nitrogens with zero attached hydrogens (tertiary/aromatic N) is 3. The molecule has 0 bridgehead atoms. The molecule has 0 radical (unpaired) electrons. The van der Waals surface area contributed by atoms with Crippen molar-refractivity contribution in [2.75, 3.05) is 6.61 Å². The van der Waals surface area contributed by atoms with E-state index in [4.69, 9.17) is 26.2 Å². The van der Waals surface area contributed by atoms with Crippen molar-refractivity contribution in [1.29, 1.82) is 0 Å². The molecule has 0 amide bonds. The summed E-state index contributed by atoms with van der Waals surface area (Å²) >= 11 is 6.10. The van der Waals surface area contributed by atoms with Crippen molar-refractivity contribution < 1.29 is 19.4 Å².